The predicted octanol–water partition coefficient (Wildman–Crippen LogP) is 4.08. The van der Waals surface area contributed by atoms with Gasteiger partial charge in [-0.2, -0.15) is 13.2 Å². The number of fused-ring (bicyclic) bond motifs is 1. The second-order valence-corrected chi connectivity index (χ2v) is 10.0. The number of aliphatic carboxylic acids is 1. The van der Waals surface area contributed by atoms with Gasteiger partial charge in [0.05, 0.1) is 5.39 Å². The maximum atomic E-state index is 12.4. The highest BCUT2D eigenvalue weighted by atomic mass is 19.4. The Kier molecular flexibility index (Phi) is 9.24. The van der Waals surface area contributed by atoms with Crippen LogP contribution in [0.1, 0.15) is 25.7 Å². The number of hydrogen-bond acceptors (Lipinski definition) is 6. The number of carboxylic acid groups (broad SMARTS) is 1. The van der Waals surface area contributed by atoms with Gasteiger partial charge in [0.2, 0.25) is 0 Å². The fraction of sp³-hybridized carbons (Fsp3) is 0.464. The van der Waals surface area contributed by atoms with Crippen LogP contribution in [-0.4, -0.2) is 70.5 Å². The molecule has 2 aromatic heterocycles. The summed E-state index contributed by atoms with van der Waals surface area (Å²) in [5.41, 5.74) is 2.08. The maximum Gasteiger partial charge on any atom is 0.490 e. The molecule has 2 saturated heterocycles. The van der Waals surface area contributed by atoms with E-state index in [1.165, 1.54) is 32.5 Å². The van der Waals surface area contributed by atoms with Crippen molar-refractivity contribution in [2.45, 2.75) is 38.0 Å². The van der Waals surface area contributed by atoms with Crippen molar-refractivity contribution in [1.82, 2.24) is 19.8 Å². The molecule has 0 spiro atoms. The Labute approximate surface area is 224 Å². The minimum atomic E-state index is -5.08. The van der Waals surface area contributed by atoms with E-state index >= 15 is 0 Å². The summed E-state index contributed by atoms with van der Waals surface area (Å²) in [6.07, 6.45) is 5.29. The zero-order valence-corrected chi connectivity index (χ0v) is 21.8. The van der Waals surface area contributed by atoms with Gasteiger partial charge in [-0.3, -0.25) is 9.78 Å². The normalized spacial score (nSPS) is 17.4. The highest BCUT2D eigenvalue weighted by Crippen LogP contribution is 2.29. The molecule has 0 unspecified atom stereocenters. The van der Waals surface area contributed by atoms with Crippen molar-refractivity contribution in [2.24, 2.45) is 13.0 Å². The average Bonchev–Trinajstić information content (AvgIpc) is 2.93. The number of likely N-dealkylation sites (tertiary alicyclic amines) is 1. The van der Waals surface area contributed by atoms with Gasteiger partial charge in [-0.1, -0.05) is 12.1 Å². The van der Waals surface area contributed by atoms with Crippen molar-refractivity contribution in [3.63, 3.8) is 0 Å². The topological polar surface area (TPSA) is 96.7 Å². The number of piperidine rings is 2. The molecule has 3 aromatic rings. The Bertz CT molecular complexity index is 1310. The molecule has 210 valence electrons. The number of aromatic nitrogens is 2. The Balaban J connectivity index is 0.000000448. The first-order valence-electron chi connectivity index (χ1n) is 13.1. The fourth-order valence-electron chi connectivity index (χ4n) is 5.09. The summed E-state index contributed by atoms with van der Waals surface area (Å²) >= 11 is 0. The number of nitrogens with zero attached hydrogens (tertiary/aromatic N) is 3. The summed E-state index contributed by atoms with van der Waals surface area (Å²) < 4.78 is 39.7. The van der Waals surface area contributed by atoms with Crippen molar-refractivity contribution in [1.29, 1.82) is 0 Å². The lowest BCUT2D eigenvalue weighted by molar-refractivity contribution is -0.192. The Hall–Kier alpha value is -3.44. The van der Waals surface area contributed by atoms with Crippen LogP contribution in [0.2, 0.25) is 0 Å². The highest BCUT2D eigenvalue weighted by Gasteiger charge is 2.38. The molecule has 4 heterocycles. The van der Waals surface area contributed by atoms with Crippen LogP contribution >= 0.6 is 0 Å². The van der Waals surface area contributed by atoms with Crippen molar-refractivity contribution >= 4 is 16.7 Å². The fourth-order valence-corrected chi connectivity index (χ4v) is 5.09. The van der Waals surface area contributed by atoms with E-state index in [1.54, 1.807) is 24.0 Å². The number of aryl methyl sites for hydroxylation is 1. The van der Waals surface area contributed by atoms with Gasteiger partial charge in [0, 0.05) is 50.8 Å². The minimum absolute atomic E-state index is 0.0247. The van der Waals surface area contributed by atoms with Crippen LogP contribution in [0.4, 0.5) is 13.2 Å². The summed E-state index contributed by atoms with van der Waals surface area (Å²) in [5, 5.41) is 12.2. The number of nitrogens with one attached hydrogen (secondary N) is 1. The maximum absolute atomic E-state index is 12.4. The van der Waals surface area contributed by atoms with Crippen molar-refractivity contribution in [2.75, 3.05) is 32.7 Å². The van der Waals surface area contributed by atoms with Crippen LogP contribution < -0.4 is 15.6 Å². The first kappa shape index (κ1) is 28.6. The molecule has 11 heteroatoms. The van der Waals surface area contributed by atoms with E-state index in [2.05, 4.69) is 39.5 Å². The third kappa shape index (κ3) is 7.57. The van der Waals surface area contributed by atoms with E-state index < -0.39 is 12.1 Å². The standard InChI is InChI=1S/C26H32N4O2.C2HF3O2/c1-29-18-25(23-8-13-28-16-24(23)26(29)31)20-2-4-21(5-3-20)32-22-9-14-30(15-10-22)17-19-6-11-27-12-7-19;3-2(4,5)1(6)7/h2-5,8,13,16,18-19,22,27H,6-7,9-12,14-15,17H2,1H3;(H,6,7). The molecule has 2 N–H and O–H groups in total. The van der Waals surface area contributed by atoms with Crippen molar-refractivity contribution in [3.8, 4) is 16.9 Å². The van der Waals surface area contributed by atoms with E-state index in [0.29, 0.717) is 5.39 Å². The molecular formula is C28H33F3N4O4. The minimum Gasteiger partial charge on any atom is -0.490 e. The molecule has 1 aromatic carbocycles. The van der Waals surface area contributed by atoms with Crippen LogP contribution in [0.25, 0.3) is 21.9 Å². The predicted molar refractivity (Wildman–Crippen MR) is 142 cm³/mol. The largest absolute Gasteiger partial charge is 0.490 e. The second-order valence-electron chi connectivity index (χ2n) is 10.0. The molecule has 2 aliphatic heterocycles. The molecular weight excluding hydrogens is 513 g/mol. The van der Waals surface area contributed by atoms with Crippen molar-refractivity contribution in [3.05, 3.63) is 59.3 Å². The first-order chi connectivity index (χ1) is 18.6. The number of alkyl halides is 3. The second kappa shape index (κ2) is 12.6. The molecule has 0 amide bonds. The lowest BCUT2D eigenvalue weighted by Crippen LogP contribution is -2.42. The van der Waals surface area contributed by atoms with E-state index in [-0.39, 0.29) is 11.7 Å². The van der Waals surface area contributed by atoms with Gasteiger partial charge in [0.1, 0.15) is 11.9 Å². The summed E-state index contributed by atoms with van der Waals surface area (Å²) in [6.45, 7) is 5.85. The van der Waals surface area contributed by atoms with Gasteiger partial charge in [-0.25, -0.2) is 4.79 Å². The van der Waals surface area contributed by atoms with Crippen LogP contribution in [0.3, 0.4) is 0 Å². The number of rotatable bonds is 5. The van der Waals surface area contributed by atoms with Crippen LogP contribution in [0, 0.1) is 5.92 Å². The molecule has 0 saturated carbocycles. The smallest absolute Gasteiger partial charge is 0.490 e. The van der Waals surface area contributed by atoms with Gasteiger partial charge in [-0.15, -0.1) is 0 Å². The zero-order valence-electron chi connectivity index (χ0n) is 21.8. The number of carboxylic acids is 1. The molecule has 0 bridgehead atoms. The SMILES string of the molecule is Cn1cc(-c2ccc(OC3CCN(CC4CCNCC4)CC3)cc2)c2ccncc2c1=O.O=C(O)C(F)(F)F. The summed E-state index contributed by atoms with van der Waals surface area (Å²) in [5.74, 6) is -0.987. The van der Waals surface area contributed by atoms with Crippen LogP contribution in [0.15, 0.2) is 53.7 Å². The number of pyridine rings is 2. The number of hydrogen-bond donors (Lipinski definition) is 2. The molecule has 2 fully saturated rings. The Morgan fingerprint density at radius 1 is 1.08 bits per heavy atom. The number of halogens is 3. The van der Waals surface area contributed by atoms with Gasteiger partial charge in [-0.05, 0) is 73.8 Å². The zero-order chi connectivity index (χ0) is 28.0. The van der Waals surface area contributed by atoms with Gasteiger partial charge >= 0.3 is 12.1 Å². The molecule has 5 rings (SSSR count). The lowest BCUT2D eigenvalue weighted by atomic mass is 9.96. The van der Waals surface area contributed by atoms with Gasteiger partial charge < -0.3 is 24.6 Å². The van der Waals surface area contributed by atoms with Gasteiger partial charge in [0.25, 0.3) is 5.56 Å². The third-order valence-corrected chi connectivity index (χ3v) is 7.21. The summed E-state index contributed by atoms with van der Waals surface area (Å²) in [7, 11) is 1.78. The van der Waals surface area contributed by atoms with E-state index in [0.717, 1.165) is 54.1 Å². The summed E-state index contributed by atoms with van der Waals surface area (Å²) in [6, 6.07) is 10.2. The summed E-state index contributed by atoms with van der Waals surface area (Å²) in [4.78, 5) is 28.1. The molecule has 39 heavy (non-hydrogen) atoms. The van der Waals surface area contributed by atoms with E-state index in [9.17, 15) is 18.0 Å². The monoisotopic (exact) mass is 546 g/mol. The number of benzene rings is 1. The van der Waals surface area contributed by atoms with Crippen molar-refractivity contribution < 1.29 is 27.8 Å². The Morgan fingerprint density at radius 3 is 2.33 bits per heavy atom. The third-order valence-electron chi connectivity index (χ3n) is 7.21. The molecule has 2 aliphatic rings. The van der Waals surface area contributed by atoms with Gasteiger partial charge in [0.15, 0.2) is 0 Å². The molecule has 0 radical (unpaired) electrons. The average molecular weight is 547 g/mol. The first-order valence-corrected chi connectivity index (χ1v) is 13.1. The van der Waals surface area contributed by atoms with Crippen LogP contribution in [0.5, 0.6) is 5.75 Å². The number of carbonyl (C=O) groups is 1. The molecule has 0 atom stereocenters. The quantitative estimate of drug-likeness (QED) is 0.498. The van der Waals surface area contributed by atoms with E-state index in [4.69, 9.17) is 14.6 Å². The number of ether oxygens (including phenoxy) is 1. The molecule has 8 nitrogen and oxygen atoms in total. The highest BCUT2D eigenvalue weighted by molar-refractivity contribution is 5.95. The Morgan fingerprint density at radius 2 is 1.72 bits per heavy atom. The lowest BCUT2D eigenvalue weighted by Gasteiger charge is -2.35. The van der Waals surface area contributed by atoms with Crippen LogP contribution in [-0.2, 0) is 11.8 Å². The van der Waals surface area contributed by atoms with E-state index in [1.807, 2.05) is 12.3 Å². The molecule has 0 aliphatic carbocycles.